The zero-order chi connectivity index (χ0) is 13.7. The van der Waals surface area contributed by atoms with Crippen LogP contribution in [-0.4, -0.2) is 32.4 Å². The van der Waals surface area contributed by atoms with E-state index in [1.165, 1.54) is 0 Å². The van der Waals surface area contributed by atoms with Crippen molar-refractivity contribution in [2.24, 2.45) is 7.05 Å². The molecule has 100 valence electrons. The third-order valence-electron chi connectivity index (χ3n) is 2.49. The highest BCUT2D eigenvalue weighted by Gasteiger charge is 2.09. The maximum atomic E-state index is 11.2. The third kappa shape index (κ3) is 3.27. The average molecular weight is 261 g/mol. The molecule has 0 fully saturated rings. The number of hydrogen-bond donors (Lipinski definition) is 1. The number of carbonyl (C=O) groups is 1. The van der Waals surface area contributed by atoms with Crippen molar-refractivity contribution in [2.75, 3.05) is 6.61 Å². The van der Waals surface area contributed by atoms with Gasteiger partial charge in [0.15, 0.2) is 0 Å². The van der Waals surface area contributed by atoms with Gasteiger partial charge in [-0.15, -0.1) is 0 Å². The SMILES string of the molecule is CCOC(=O)NCc1cc(-c2cnccn2)nn1C. The molecule has 0 saturated heterocycles. The smallest absolute Gasteiger partial charge is 0.407 e. The van der Waals surface area contributed by atoms with Crippen molar-refractivity contribution in [2.45, 2.75) is 13.5 Å². The molecular formula is C12H15N5O2. The summed E-state index contributed by atoms with van der Waals surface area (Å²) < 4.78 is 6.48. The molecule has 2 heterocycles. The summed E-state index contributed by atoms with van der Waals surface area (Å²) in [5.74, 6) is 0. The summed E-state index contributed by atoms with van der Waals surface area (Å²) >= 11 is 0. The Morgan fingerprint density at radius 3 is 2.95 bits per heavy atom. The molecule has 1 N–H and O–H groups in total. The zero-order valence-electron chi connectivity index (χ0n) is 10.8. The number of aromatic nitrogens is 4. The minimum absolute atomic E-state index is 0.349. The molecule has 2 aromatic rings. The van der Waals surface area contributed by atoms with Crippen LogP contribution in [0.2, 0.25) is 0 Å². The van der Waals surface area contributed by atoms with Crippen LogP contribution in [0.1, 0.15) is 12.6 Å². The highest BCUT2D eigenvalue weighted by molar-refractivity contribution is 5.67. The molecular weight excluding hydrogens is 246 g/mol. The van der Waals surface area contributed by atoms with E-state index in [1.54, 1.807) is 30.2 Å². The van der Waals surface area contributed by atoms with Gasteiger partial charge in [-0.2, -0.15) is 5.10 Å². The molecule has 0 radical (unpaired) electrons. The van der Waals surface area contributed by atoms with E-state index in [1.807, 2.05) is 13.1 Å². The Kier molecular flexibility index (Phi) is 4.07. The summed E-state index contributed by atoms with van der Waals surface area (Å²) in [6.45, 7) is 2.46. The lowest BCUT2D eigenvalue weighted by atomic mass is 10.3. The molecule has 2 rings (SSSR count). The summed E-state index contributed by atoms with van der Waals surface area (Å²) in [5, 5.41) is 6.97. The number of nitrogens with one attached hydrogen (secondary N) is 1. The predicted molar refractivity (Wildman–Crippen MR) is 68.1 cm³/mol. The second-order valence-corrected chi connectivity index (χ2v) is 3.81. The molecule has 0 aromatic carbocycles. The van der Waals surface area contributed by atoms with Gasteiger partial charge in [0, 0.05) is 19.4 Å². The van der Waals surface area contributed by atoms with Crippen molar-refractivity contribution in [1.82, 2.24) is 25.1 Å². The minimum Gasteiger partial charge on any atom is -0.450 e. The van der Waals surface area contributed by atoms with E-state index in [0.717, 1.165) is 11.4 Å². The summed E-state index contributed by atoms with van der Waals surface area (Å²) in [5.41, 5.74) is 2.27. The Morgan fingerprint density at radius 2 is 2.26 bits per heavy atom. The summed E-state index contributed by atoms with van der Waals surface area (Å²) in [6, 6.07) is 1.86. The summed E-state index contributed by atoms with van der Waals surface area (Å²) in [6.07, 6.45) is 4.42. The molecule has 19 heavy (non-hydrogen) atoms. The van der Waals surface area contributed by atoms with Crippen LogP contribution in [0.25, 0.3) is 11.4 Å². The van der Waals surface area contributed by atoms with Gasteiger partial charge in [0.05, 0.1) is 25.0 Å². The van der Waals surface area contributed by atoms with Crippen LogP contribution in [-0.2, 0) is 18.3 Å². The van der Waals surface area contributed by atoms with Crippen molar-refractivity contribution in [3.63, 3.8) is 0 Å². The second kappa shape index (κ2) is 5.94. The first-order valence-corrected chi connectivity index (χ1v) is 5.90. The van der Waals surface area contributed by atoms with Crippen molar-refractivity contribution >= 4 is 6.09 Å². The van der Waals surface area contributed by atoms with Gasteiger partial charge in [0.1, 0.15) is 11.4 Å². The number of amides is 1. The van der Waals surface area contributed by atoms with Gasteiger partial charge in [-0.05, 0) is 13.0 Å². The number of aryl methyl sites for hydroxylation is 1. The third-order valence-corrected chi connectivity index (χ3v) is 2.49. The van der Waals surface area contributed by atoms with Crippen molar-refractivity contribution in [3.05, 3.63) is 30.4 Å². The molecule has 0 aliphatic heterocycles. The number of nitrogens with zero attached hydrogens (tertiary/aromatic N) is 4. The molecule has 2 aromatic heterocycles. The number of hydrogen-bond acceptors (Lipinski definition) is 5. The van der Waals surface area contributed by atoms with Gasteiger partial charge in [-0.3, -0.25) is 14.6 Å². The van der Waals surface area contributed by atoms with E-state index in [4.69, 9.17) is 4.74 Å². The highest BCUT2D eigenvalue weighted by atomic mass is 16.5. The van der Waals surface area contributed by atoms with E-state index in [9.17, 15) is 4.79 Å². The van der Waals surface area contributed by atoms with Crippen LogP contribution in [0.3, 0.4) is 0 Å². The molecule has 0 bridgehead atoms. The number of alkyl carbamates (subject to hydrolysis) is 1. The number of ether oxygens (including phenoxy) is 1. The van der Waals surface area contributed by atoms with Gasteiger partial charge < -0.3 is 10.1 Å². The van der Waals surface area contributed by atoms with E-state index in [2.05, 4.69) is 20.4 Å². The lowest BCUT2D eigenvalue weighted by molar-refractivity contribution is 0.151. The topological polar surface area (TPSA) is 81.9 Å². The average Bonchev–Trinajstić information content (AvgIpc) is 2.79. The van der Waals surface area contributed by atoms with Crippen molar-refractivity contribution in [1.29, 1.82) is 0 Å². The van der Waals surface area contributed by atoms with Crippen LogP contribution < -0.4 is 5.32 Å². The fraction of sp³-hybridized carbons (Fsp3) is 0.333. The van der Waals surface area contributed by atoms with Crippen LogP contribution in [0.15, 0.2) is 24.7 Å². The first-order valence-electron chi connectivity index (χ1n) is 5.90. The second-order valence-electron chi connectivity index (χ2n) is 3.81. The van der Waals surface area contributed by atoms with E-state index in [-0.39, 0.29) is 0 Å². The monoisotopic (exact) mass is 261 g/mol. The van der Waals surface area contributed by atoms with Gasteiger partial charge in [0.25, 0.3) is 0 Å². The maximum absolute atomic E-state index is 11.2. The van der Waals surface area contributed by atoms with E-state index in [0.29, 0.717) is 18.8 Å². The zero-order valence-corrected chi connectivity index (χ0v) is 10.8. The predicted octanol–water partition coefficient (Wildman–Crippen LogP) is 1.12. The molecule has 1 amide bonds. The fourth-order valence-electron chi connectivity index (χ4n) is 1.57. The number of carbonyl (C=O) groups excluding carboxylic acids is 1. The Morgan fingerprint density at radius 1 is 1.42 bits per heavy atom. The first kappa shape index (κ1) is 13.0. The van der Waals surface area contributed by atoms with Gasteiger partial charge >= 0.3 is 6.09 Å². The molecule has 7 nitrogen and oxygen atoms in total. The molecule has 0 aliphatic rings. The van der Waals surface area contributed by atoms with Crippen LogP contribution in [0, 0.1) is 0 Å². The lowest BCUT2D eigenvalue weighted by Gasteiger charge is -2.04. The molecule has 0 aliphatic carbocycles. The van der Waals surface area contributed by atoms with Crippen LogP contribution in [0.5, 0.6) is 0 Å². The van der Waals surface area contributed by atoms with Gasteiger partial charge in [-0.1, -0.05) is 0 Å². The van der Waals surface area contributed by atoms with Crippen LogP contribution >= 0.6 is 0 Å². The largest absolute Gasteiger partial charge is 0.450 e. The molecule has 0 saturated carbocycles. The Hall–Kier alpha value is -2.44. The fourth-order valence-corrected chi connectivity index (χ4v) is 1.57. The molecule has 0 atom stereocenters. The lowest BCUT2D eigenvalue weighted by Crippen LogP contribution is -2.24. The minimum atomic E-state index is -0.440. The first-order chi connectivity index (χ1) is 9.20. The summed E-state index contributed by atoms with van der Waals surface area (Å²) in [7, 11) is 1.81. The van der Waals surface area contributed by atoms with Crippen LogP contribution in [0.4, 0.5) is 4.79 Å². The molecule has 0 spiro atoms. The van der Waals surface area contributed by atoms with Gasteiger partial charge in [0.2, 0.25) is 0 Å². The van der Waals surface area contributed by atoms with E-state index >= 15 is 0 Å². The quantitative estimate of drug-likeness (QED) is 0.892. The Balaban J connectivity index is 2.07. The standard InChI is InChI=1S/C12H15N5O2/c1-3-19-12(18)15-7-9-6-10(16-17(9)2)11-8-13-4-5-14-11/h4-6,8H,3,7H2,1-2H3,(H,15,18). The Bertz CT molecular complexity index is 553. The molecule has 0 unspecified atom stereocenters. The van der Waals surface area contributed by atoms with E-state index < -0.39 is 6.09 Å². The maximum Gasteiger partial charge on any atom is 0.407 e. The number of rotatable bonds is 4. The van der Waals surface area contributed by atoms with Crippen molar-refractivity contribution in [3.8, 4) is 11.4 Å². The highest BCUT2D eigenvalue weighted by Crippen LogP contribution is 2.14. The van der Waals surface area contributed by atoms with Crippen molar-refractivity contribution < 1.29 is 9.53 Å². The van der Waals surface area contributed by atoms with Gasteiger partial charge in [-0.25, -0.2) is 4.79 Å². The normalized spacial score (nSPS) is 10.2. The Labute approximate surface area is 110 Å². The summed E-state index contributed by atoms with van der Waals surface area (Å²) in [4.78, 5) is 19.4. The molecule has 7 heteroatoms.